The number of phenols is 1. The maximum absolute atomic E-state index is 10.6. The van der Waals surface area contributed by atoms with Crippen LogP contribution in [0.15, 0.2) is 16.6 Å². The first-order valence-corrected chi connectivity index (χ1v) is 9.05. The molecule has 2 aliphatic heterocycles. The van der Waals surface area contributed by atoms with Gasteiger partial charge in [0, 0.05) is 56.0 Å². The van der Waals surface area contributed by atoms with Crippen molar-refractivity contribution in [2.45, 2.75) is 18.9 Å². The van der Waals surface area contributed by atoms with E-state index >= 15 is 0 Å². The van der Waals surface area contributed by atoms with Crippen molar-refractivity contribution in [3.8, 4) is 5.75 Å². The van der Waals surface area contributed by atoms with Crippen LogP contribution in [-0.4, -0.2) is 49.4 Å². The molecule has 0 aromatic heterocycles. The van der Waals surface area contributed by atoms with Crippen LogP contribution >= 0.6 is 52.3 Å². The normalized spacial score (nSPS) is 20.8. The second kappa shape index (κ2) is 10.4. The van der Waals surface area contributed by atoms with Crippen LogP contribution in [0.4, 0.5) is 0 Å². The molecule has 0 bridgehead atoms. The Hall–Kier alpha value is 0.250. The minimum Gasteiger partial charge on any atom is -0.506 e. The van der Waals surface area contributed by atoms with Gasteiger partial charge in [0.15, 0.2) is 0 Å². The van der Waals surface area contributed by atoms with Gasteiger partial charge in [0.2, 0.25) is 0 Å². The average molecular weight is 463 g/mol. The highest BCUT2D eigenvalue weighted by Crippen LogP contribution is 2.45. The summed E-state index contributed by atoms with van der Waals surface area (Å²) in [6.07, 6.45) is 2.02. The van der Waals surface area contributed by atoms with Gasteiger partial charge in [-0.25, -0.2) is 0 Å². The Balaban J connectivity index is 0.00000144. The Morgan fingerprint density at radius 1 is 1.21 bits per heavy atom. The molecule has 4 nitrogen and oxygen atoms in total. The Bertz CT molecular complexity index is 506. The molecule has 2 N–H and O–H groups in total. The number of ether oxygens (including phenoxy) is 1. The first-order valence-electron chi connectivity index (χ1n) is 7.88. The standard InChI is InChI=1S/C16H22BrClN2O2.2ClH/c17-12-1-2-13(18)14(16(12)21)15(11-3-9-22-10-4-11)20-7-5-19-6-8-20;;/h1-2,11,15,19,21H,3-10H2;2*1H/t15-;;/m1../s1. The summed E-state index contributed by atoms with van der Waals surface area (Å²) in [4.78, 5) is 2.46. The van der Waals surface area contributed by atoms with E-state index in [1.807, 2.05) is 6.07 Å². The number of hydrogen-bond donors (Lipinski definition) is 2. The first kappa shape index (κ1) is 22.3. The van der Waals surface area contributed by atoms with E-state index in [1.165, 1.54) is 0 Å². The fourth-order valence-electron chi connectivity index (χ4n) is 3.55. The molecule has 3 rings (SSSR count). The molecule has 0 aliphatic carbocycles. The van der Waals surface area contributed by atoms with E-state index in [0.29, 0.717) is 15.4 Å². The lowest BCUT2D eigenvalue weighted by atomic mass is 9.85. The molecule has 2 aliphatic rings. The van der Waals surface area contributed by atoms with Gasteiger partial charge in [-0.1, -0.05) is 11.6 Å². The third kappa shape index (κ3) is 4.91. The van der Waals surface area contributed by atoms with Crippen molar-refractivity contribution in [1.29, 1.82) is 0 Å². The second-order valence-electron chi connectivity index (χ2n) is 5.97. The van der Waals surface area contributed by atoms with Gasteiger partial charge in [-0.2, -0.15) is 0 Å². The van der Waals surface area contributed by atoms with Gasteiger partial charge >= 0.3 is 0 Å². The second-order valence-corrected chi connectivity index (χ2v) is 7.23. The topological polar surface area (TPSA) is 44.7 Å². The molecule has 138 valence electrons. The van der Waals surface area contributed by atoms with E-state index in [2.05, 4.69) is 26.1 Å². The summed E-state index contributed by atoms with van der Waals surface area (Å²) in [6, 6.07) is 3.82. The molecule has 0 unspecified atom stereocenters. The summed E-state index contributed by atoms with van der Waals surface area (Å²) < 4.78 is 6.23. The van der Waals surface area contributed by atoms with E-state index < -0.39 is 0 Å². The predicted octanol–water partition coefficient (Wildman–Crippen LogP) is 4.02. The molecule has 2 saturated heterocycles. The summed E-state index contributed by atoms with van der Waals surface area (Å²) in [7, 11) is 0. The summed E-state index contributed by atoms with van der Waals surface area (Å²) in [5, 5.41) is 14.6. The summed E-state index contributed by atoms with van der Waals surface area (Å²) in [5.41, 5.74) is 0.866. The summed E-state index contributed by atoms with van der Waals surface area (Å²) in [6.45, 7) is 5.49. The zero-order valence-electron chi connectivity index (χ0n) is 13.3. The maximum Gasteiger partial charge on any atom is 0.136 e. The number of phenolic OH excluding ortho intramolecular Hbond substituents is 1. The van der Waals surface area contributed by atoms with E-state index in [4.69, 9.17) is 16.3 Å². The Kier molecular flexibility index (Phi) is 9.67. The van der Waals surface area contributed by atoms with Crippen molar-refractivity contribution >= 4 is 52.3 Å². The Labute approximate surface area is 169 Å². The smallest absolute Gasteiger partial charge is 0.136 e. The van der Waals surface area contributed by atoms with Crippen molar-refractivity contribution in [2.24, 2.45) is 5.92 Å². The van der Waals surface area contributed by atoms with Crippen LogP contribution in [0.3, 0.4) is 0 Å². The van der Waals surface area contributed by atoms with Crippen LogP contribution in [-0.2, 0) is 4.74 Å². The van der Waals surface area contributed by atoms with Crippen molar-refractivity contribution in [2.75, 3.05) is 39.4 Å². The largest absolute Gasteiger partial charge is 0.506 e. The molecule has 8 heteroatoms. The number of nitrogens with zero attached hydrogens (tertiary/aromatic N) is 1. The molecule has 0 saturated carbocycles. The monoisotopic (exact) mass is 460 g/mol. The fraction of sp³-hybridized carbons (Fsp3) is 0.625. The molecule has 0 radical (unpaired) electrons. The molecule has 24 heavy (non-hydrogen) atoms. The van der Waals surface area contributed by atoms with E-state index in [0.717, 1.165) is 57.8 Å². The lowest BCUT2D eigenvalue weighted by Crippen LogP contribution is -2.47. The van der Waals surface area contributed by atoms with Crippen LogP contribution in [0.1, 0.15) is 24.4 Å². The van der Waals surface area contributed by atoms with Crippen LogP contribution in [0.5, 0.6) is 5.75 Å². The van der Waals surface area contributed by atoms with Gasteiger partial charge in [-0.05, 0) is 46.8 Å². The van der Waals surface area contributed by atoms with Crippen molar-refractivity contribution in [3.05, 3.63) is 27.2 Å². The number of halogens is 4. The zero-order valence-corrected chi connectivity index (χ0v) is 17.3. The summed E-state index contributed by atoms with van der Waals surface area (Å²) in [5.74, 6) is 0.743. The van der Waals surface area contributed by atoms with Crippen molar-refractivity contribution in [1.82, 2.24) is 10.2 Å². The van der Waals surface area contributed by atoms with Crippen LogP contribution < -0.4 is 5.32 Å². The minimum atomic E-state index is 0. The number of benzene rings is 1. The lowest BCUT2D eigenvalue weighted by Gasteiger charge is -2.41. The molecule has 1 aromatic carbocycles. The third-order valence-electron chi connectivity index (χ3n) is 4.67. The number of piperazine rings is 1. The van der Waals surface area contributed by atoms with E-state index in [9.17, 15) is 5.11 Å². The molecular formula is C16H24BrCl3N2O2. The van der Waals surface area contributed by atoms with E-state index in [-0.39, 0.29) is 36.6 Å². The van der Waals surface area contributed by atoms with Crippen LogP contribution in [0.25, 0.3) is 0 Å². The molecule has 2 heterocycles. The number of nitrogens with one attached hydrogen (secondary N) is 1. The van der Waals surface area contributed by atoms with Crippen molar-refractivity contribution < 1.29 is 9.84 Å². The number of rotatable bonds is 3. The highest BCUT2D eigenvalue weighted by Gasteiger charge is 2.34. The van der Waals surface area contributed by atoms with Gasteiger partial charge in [0.1, 0.15) is 5.75 Å². The Morgan fingerprint density at radius 3 is 2.46 bits per heavy atom. The Morgan fingerprint density at radius 2 is 1.83 bits per heavy atom. The molecule has 1 atom stereocenters. The third-order valence-corrected chi connectivity index (χ3v) is 5.64. The number of aromatic hydroxyl groups is 1. The van der Waals surface area contributed by atoms with E-state index in [1.54, 1.807) is 6.07 Å². The number of hydrogen-bond acceptors (Lipinski definition) is 4. The van der Waals surface area contributed by atoms with Crippen LogP contribution in [0.2, 0.25) is 5.02 Å². The molecule has 0 amide bonds. The minimum absolute atomic E-state index is 0. The maximum atomic E-state index is 10.6. The SMILES string of the molecule is Cl.Cl.Oc1c(Br)ccc(Cl)c1[C@@H](C1CCOCC1)N1CCNCC1. The van der Waals surface area contributed by atoms with Crippen LogP contribution in [0, 0.1) is 5.92 Å². The average Bonchev–Trinajstić information content (AvgIpc) is 2.57. The van der Waals surface area contributed by atoms with Gasteiger partial charge in [-0.15, -0.1) is 24.8 Å². The van der Waals surface area contributed by atoms with Gasteiger partial charge in [0.25, 0.3) is 0 Å². The van der Waals surface area contributed by atoms with Gasteiger partial charge < -0.3 is 15.2 Å². The quantitative estimate of drug-likeness (QED) is 0.712. The lowest BCUT2D eigenvalue weighted by molar-refractivity contribution is 0.0206. The van der Waals surface area contributed by atoms with Crippen molar-refractivity contribution in [3.63, 3.8) is 0 Å². The molecular weight excluding hydrogens is 438 g/mol. The highest BCUT2D eigenvalue weighted by atomic mass is 79.9. The predicted molar refractivity (Wildman–Crippen MR) is 106 cm³/mol. The summed E-state index contributed by atoms with van der Waals surface area (Å²) >= 11 is 9.91. The zero-order chi connectivity index (χ0) is 15.5. The molecule has 2 fully saturated rings. The van der Waals surface area contributed by atoms with Gasteiger partial charge in [0.05, 0.1) is 4.47 Å². The fourth-order valence-corrected chi connectivity index (χ4v) is 4.16. The molecule has 0 spiro atoms. The van der Waals surface area contributed by atoms with Gasteiger partial charge in [-0.3, -0.25) is 4.90 Å². The highest BCUT2D eigenvalue weighted by molar-refractivity contribution is 9.10. The first-order chi connectivity index (χ1) is 10.7. The molecule has 1 aromatic rings.